The maximum Gasteiger partial charge on any atom is 0.243 e. The van der Waals surface area contributed by atoms with E-state index in [2.05, 4.69) is 15.6 Å². The standard InChI is InChI=1S/C23H28F2N4O.HI/c1-16(17-7-5-4-6-8-17)28-22(26-14-21(30)29(2)3)27-15-23(11-12-23)19-10-9-18(24)13-20(19)25;/h4-10,13,16H,11-12,14-15H2,1-3H3,(H2,26,27,28);1H. The normalized spacial score (nSPS) is 15.5. The second-order valence-electron chi connectivity index (χ2n) is 7.99. The number of likely N-dealkylation sites (N-methyl/N-ethyl adjacent to an activating group) is 1. The number of guanidine groups is 1. The summed E-state index contributed by atoms with van der Waals surface area (Å²) in [5, 5.41) is 6.58. The number of nitrogens with zero attached hydrogens (tertiary/aromatic N) is 2. The van der Waals surface area contributed by atoms with Crippen molar-refractivity contribution < 1.29 is 13.6 Å². The molecule has 0 radical (unpaired) electrons. The van der Waals surface area contributed by atoms with Crippen LogP contribution in [0.5, 0.6) is 0 Å². The van der Waals surface area contributed by atoms with Gasteiger partial charge in [-0.15, -0.1) is 24.0 Å². The van der Waals surface area contributed by atoms with Gasteiger partial charge in [-0.2, -0.15) is 0 Å². The van der Waals surface area contributed by atoms with E-state index >= 15 is 0 Å². The van der Waals surface area contributed by atoms with Crippen molar-refractivity contribution in [2.45, 2.75) is 31.2 Å². The molecule has 1 aliphatic carbocycles. The van der Waals surface area contributed by atoms with Crippen LogP contribution in [0.4, 0.5) is 8.78 Å². The summed E-state index contributed by atoms with van der Waals surface area (Å²) in [4.78, 5) is 17.9. The predicted octanol–water partition coefficient (Wildman–Crippen LogP) is 4.00. The Morgan fingerprint density at radius 3 is 2.42 bits per heavy atom. The molecule has 0 aromatic heterocycles. The van der Waals surface area contributed by atoms with Gasteiger partial charge in [0.05, 0.1) is 6.04 Å². The van der Waals surface area contributed by atoms with E-state index in [1.54, 1.807) is 14.1 Å². The number of halogens is 3. The van der Waals surface area contributed by atoms with Crippen molar-refractivity contribution in [3.05, 3.63) is 71.3 Å². The number of benzene rings is 2. The second-order valence-corrected chi connectivity index (χ2v) is 7.99. The van der Waals surface area contributed by atoms with Crippen molar-refractivity contribution in [1.29, 1.82) is 0 Å². The molecule has 0 bridgehead atoms. The Labute approximate surface area is 199 Å². The van der Waals surface area contributed by atoms with Crippen LogP contribution in [0.15, 0.2) is 53.5 Å². The zero-order valence-corrected chi connectivity index (χ0v) is 20.3. The van der Waals surface area contributed by atoms with E-state index in [0.717, 1.165) is 24.5 Å². The zero-order chi connectivity index (χ0) is 21.7. The first-order chi connectivity index (χ1) is 14.3. The van der Waals surface area contributed by atoms with E-state index in [1.165, 1.54) is 17.0 Å². The van der Waals surface area contributed by atoms with Crippen molar-refractivity contribution in [1.82, 2.24) is 15.5 Å². The summed E-state index contributed by atoms with van der Waals surface area (Å²) < 4.78 is 27.6. The summed E-state index contributed by atoms with van der Waals surface area (Å²) in [6, 6.07) is 13.6. The van der Waals surface area contributed by atoms with E-state index in [0.29, 0.717) is 18.1 Å². The number of hydrogen-bond acceptors (Lipinski definition) is 2. The minimum Gasteiger partial charge on any atom is -0.355 e. The van der Waals surface area contributed by atoms with Gasteiger partial charge in [0.25, 0.3) is 0 Å². The van der Waals surface area contributed by atoms with Crippen molar-refractivity contribution in [2.24, 2.45) is 4.99 Å². The Bertz CT molecular complexity index is 917. The fourth-order valence-electron chi connectivity index (χ4n) is 3.34. The van der Waals surface area contributed by atoms with Crippen molar-refractivity contribution in [3.63, 3.8) is 0 Å². The van der Waals surface area contributed by atoms with Crippen LogP contribution < -0.4 is 10.6 Å². The van der Waals surface area contributed by atoms with Crippen LogP contribution in [0.25, 0.3) is 0 Å². The first kappa shape index (κ1) is 25.0. The van der Waals surface area contributed by atoms with Crippen LogP contribution in [0.1, 0.15) is 36.9 Å². The summed E-state index contributed by atoms with van der Waals surface area (Å²) in [7, 11) is 3.36. The van der Waals surface area contributed by atoms with Gasteiger partial charge in [0, 0.05) is 32.1 Å². The maximum atomic E-state index is 14.3. The Balaban J connectivity index is 0.00000341. The molecule has 0 aliphatic heterocycles. The van der Waals surface area contributed by atoms with E-state index in [9.17, 15) is 13.6 Å². The van der Waals surface area contributed by atoms with E-state index < -0.39 is 11.6 Å². The van der Waals surface area contributed by atoms with Crippen molar-refractivity contribution in [3.8, 4) is 0 Å². The number of carbonyl (C=O) groups excluding carboxylic acids is 1. The summed E-state index contributed by atoms with van der Waals surface area (Å²) in [5.41, 5.74) is 1.20. The van der Waals surface area contributed by atoms with Gasteiger partial charge in [-0.05, 0) is 37.0 Å². The molecule has 2 aromatic rings. The lowest BCUT2D eigenvalue weighted by molar-refractivity contribution is -0.127. The lowest BCUT2D eigenvalue weighted by atomic mass is 9.95. The fraction of sp³-hybridized carbons (Fsp3) is 0.391. The van der Waals surface area contributed by atoms with Gasteiger partial charge in [0.15, 0.2) is 5.96 Å². The summed E-state index contributed by atoms with van der Waals surface area (Å²) in [5.74, 6) is -0.742. The summed E-state index contributed by atoms with van der Waals surface area (Å²) in [6.45, 7) is 2.45. The number of carbonyl (C=O) groups is 1. The third-order valence-electron chi connectivity index (χ3n) is 5.47. The Morgan fingerprint density at radius 1 is 1.16 bits per heavy atom. The van der Waals surface area contributed by atoms with Gasteiger partial charge in [0.2, 0.25) is 5.91 Å². The van der Waals surface area contributed by atoms with Gasteiger partial charge >= 0.3 is 0 Å². The number of nitrogens with one attached hydrogen (secondary N) is 2. The van der Waals surface area contributed by atoms with E-state index in [-0.39, 0.29) is 47.9 Å². The zero-order valence-electron chi connectivity index (χ0n) is 18.0. The highest BCUT2D eigenvalue weighted by molar-refractivity contribution is 14.0. The van der Waals surface area contributed by atoms with Crippen LogP contribution in [0, 0.1) is 11.6 Å². The molecule has 168 valence electrons. The minimum atomic E-state index is -0.581. The summed E-state index contributed by atoms with van der Waals surface area (Å²) >= 11 is 0. The number of rotatable bonds is 7. The van der Waals surface area contributed by atoms with Gasteiger partial charge in [-0.3, -0.25) is 4.79 Å². The van der Waals surface area contributed by atoms with E-state index in [1.807, 2.05) is 37.3 Å². The van der Waals surface area contributed by atoms with E-state index in [4.69, 9.17) is 0 Å². The molecule has 2 N–H and O–H groups in total. The van der Waals surface area contributed by atoms with Crippen molar-refractivity contribution >= 4 is 35.8 Å². The van der Waals surface area contributed by atoms with Crippen LogP contribution in [0.2, 0.25) is 0 Å². The lowest BCUT2D eigenvalue weighted by Gasteiger charge is -2.22. The van der Waals surface area contributed by atoms with Gasteiger partial charge in [-0.1, -0.05) is 36.4 Å². The predicted molar refractivity (Wildman–Crippen MR) is 130 cm³/mol. The average molecular weight is 542 g/mol. The first-order valence-electron chi connectivity index (χ1n) is 10.1. The third-order valence-corrected chi connectivity index (χ3v) is 5.47. The molecule has 5 nitrogen and oxygen atoms in total. The number of aliphatic imine (C=N–C) groups is 1. The van der Waals surface area contributed by atoms with Gasteiger partial charge in [0.1, 0.15) is 18.2 Å². The quantitative estimate of drug-likeness (QED) is 0.316. The molecular weight excluding hydrogens is 513 g/mol. The molecule has 1 aliphatic rings. The van der Waals surface area contributed by atoms with Gasteiger partial charge < -0.3 is 15.5 Å². The van der Waals surface area contributed by atoms with Crippen LogP contribution in [-0.2, 0) is 10.2 Å². The highest BCUT2D eigenvalue weighted by Crippen LogP contribution is 2.48. The third kappa shape index (κ3) is 6.62. The molecule has 31 heavy (non-hydrogen) atoms. The molecule has 8 heteroatoms. The molecule has 0 saturated heterocycles. The van der Waals surface area contributed by atoms with Crippen LogP contribution >= 0.6 is 24.0 Å². The number of hydrogen-bond donors (Lipinski definition) is 2. The lowest BCUT2D eigenvalue weighted by Crippen LogP contribution is -2.43. The first-order valence-corrected chi connectivity index (χ1v) is 10.1. The Morgan fingerprint density at radius 2 is 1.84 bits per heavy atom. The molecule has 1 atom stereocenters. The monoisotopic (exact) mass is 542 g/mol. The fourth-order valence-corrected chi connectivity index (χ4v) is 3.34. The smallest absolute Gasteiger partial charge is 0.243 e. The largest absolute Gasteiger partial charge is 0.355 e. The molecule has 1 fully saturated rings. The molecule has 1 amide bonds. The molecule has 2 aromatic carbocycles. The molecule has 0 heterocycles. The topological polar surface area (TPSA) is 56.7 Å². The Hall–Kier alpha value is -2.23. The highest BCUT2D eigenvalue weighted by atomic mass is 127. The van der Waals surface area contributed by atoms with Crippen molar-refractivity contribution in [2.75, 3.05) is 27.2 Å². The maximum absolute atomic E-state index is 14.3. The average Bonchev–Trinajstić information content (AvgIpc) is 3.51. The molecule has 1 saturated carbocycles. The molecule has 0 spiro atoms. The second kappa shape index (κ2) is 10.9. The number of amides is 1. The molecule has 3 rings (SSSR count). The van der Waals surface area contributed by atoms with Crippen LogP contribution in [0.3, 0.4) is 0 Å². The molecular formula is C23H29F2IN4O. The van der Waals surface area contributed by atoms with Crippen LogP contribution in [-0.4, -0.2) is 44.0 Å². The summed E-state index contributed by atoms with van der Waals surface area (Å²) in [6.07, 6.45) is 1.61. The SMILES string of the molecule is CC(NC(=NCC(=O)N(C)C)NCC1(c2ccc(F)cc2F)CC1)c1ccccc1.I. The highest BCUT2D eigenvalue weighted by Gasteiger charge is 2.46. The van der Waals surface area contributed by atoms with Gasteiger partial charge in [-0.25, -0.2) is 13.8 Å². The minimum absolute atomic E-state index is 0. The molecule has 1 unspecified atom stereocenters. The Kier molecular flexibility index (Phi) is 8.79.